The molecule has 0 aromatic heterocycles. The lowest BCUT2D eigenvalue weighted by molar-refractivity contribution is -0.138. The molecule has 0 radical (unpaired) electrons. The first-order valence-corrected chi connectivity index (χ1v) is 19.3. The minimum atomic E-state index is -0.0679. The van der Waals surface area contributed by atoms with Gasteiger partial charge in [0.1, 0.15) is 0 Å². The van der Waals surface area contributed by atoms with Crippen molar-refractivity contribution >= 4 is 5.97 Å². The quantitative estimate of drug-likeness (QED) is 0.0318. The van der Waals surface area contributed by atoms with E-state index in [1.165, 1.54) is 186 Å². The van der Waals surface area contributed by atoms with Crippen LogP contribution >= 0.6 is 0 Å². The highest BCUT2D eigenvalue weighted by Crippen LogP contribution is 2.15. The second-order valence-corrected chi connectivity index (χ2v) is 13.0. The number of hydrogen-bond donors (Lipinski definition) is 0. The van der Waals surface area contributed by atoms with E-state index in [0.717, 1.165) is 19.3 Å². The highest BCUT2D eigenvalue weighted by molar-refractivity contribution is 5.69. The van der Waals surface area contributed by atoms with Crippen LogP contribution in [0, 0.1) is 0 Å². The molecule has 2 nitrogen and oxygen atoms in total. The Hall–Kier alpha value is -1.05. The van der Waals surface area contributed by atoms with Gasteiger partial charge < -0.3 is 4.74 Å². The summed E-state index contributed by atoms with van der Waals surface area (Å²) in [5, 5.41) is 0. The Morgan fingerprint density at radius 1 is 0.381 bits per heavy atom. The van der Waals surface area contributed by atoms with Crippen LogP contribution in [0.5, 0.6) is 0 Å². The van der Waals surface area contributed by atoms with Gasteiger partial charge in [-0.05, 0) is 51.0 Å². The summed E-state index contributed by atoms with van der Waals surface area (Å²) in [6.45, 7) is 4.57. The summed E-state index contributed by atoms with van der Waals surface area (Å²) >= 11 is 0. The van der Waals surface area contributed by atoms with Gasteiger partial charge in [-0.3, -0.25) is 4.79 Å². The first kappa shape index (κ1) is 41.0. The third-order valence-electron chi connectivity index (χ3n) is 8.66. The maximum Gasteiger partial charge on any atom is 0.310 e. The smallest absolute Gasteiger partial charge is 0.310 e. The van der Waals surface area contributed by atoms with Crippen LogP contribution in [-0.2, 0) is 9.53 Å². The molecule has 0 aromatic carbocycles. The van der Waals surface area contributed by atoms with Crippen LogP contribution in [0.25, 0.3) is 0 Å². The lowest BCUT2D eigenvalue weighted by Crippen LogP contribution is -1.98. The summed E-state index contributed by atoms with van der Waals surface area (Å²) in [6, 6.07) is 0. The summed E-state index contributed by atoms with van der Waals surface area (Å²) in [7, 11) is 0. The van der Waals surface area contributed by atoms with Gasteiger partial charge >= 0.3 is 5.97 Å². The number of carbonyl (C=O) groups is 1. The number of carbonyl (C=O) groups excluding carboxylic acids is 1. The zero-order valence-electron chi connectivity index (χ0n) is 29.0. The Labute approximate surface area is 265 Å². The fourth-order valence-electron chi connectivity index (χ4n) is 5.75. The zero-order valence-corrected chi connectivity index (χ0v) is 29.0. The van der Waals surface area contributed by atoms with Crippen LogP contribution < -0.4 is 0 Å². The van der Waals surface area contributed by atoms with Crippen LogP contribution in [0.4, 0.5) is 0 Å². The highest BCUT2D eigenvalue weighted by Gasteiger charge is 2.00. The Bertz CT molecular complexity index is 564. The fourth-order valence-corrected chi connectivity index (χ4v) is 5.75. The predicted molar refractivity (Wildman–Crippen MR) is 188 cm³/mol. The molecule has 0 aliphatic rings. The summed E-state index contributed by atoms with van der Waals surface area (Å²) in [4.78, 5) is 11.9. The molecule has 42 heavy (non-hydrogen) atoms. The van der Waals surface area contributed by atoms with Crippen molar-refractivity contribution in [3.05, 3.63) is 24.5 Å². The van der Waals surface area contributed by atoms with Gasteiger partial charge in [0.2, 0.25) is 0 Å². The van der Waals surface area contributed by atoms with Gasteiger partial charge in [0.05, 0.1) is 6.26 Å². The molecule has 0 spiro atoms. The molecule has 0 fully saturated rings. The average molecular weight is 589 g/mol. The number of unbranched alkanes of at least 4 members (excludes halogenated alkanes) is 29. The minimum absolute atomic E-state index is 0.0679. The van der Waals surface area contributed by atoms with Crippen molar-refractivity contribution in [2.24, 2.45) is 0 Å². The molecule has 0 bridgehead atoms. The van der Waals surface area contributed by atoms with Gasteiger partial charge in [0.25, 0.3) is 0 Å². The van der Waals surface area contributed by atoms with Crippen molar-refractivity contribution in [3.8, 4) is 0 Å². The van der Waals surface area contributed by atoms with Crippen molar-refractivity contribution in [1.29, 1.82) is 0 Å². The SMILES string of the molecule is CCCCCCCC/C=C\CCCCCCCC(=O)OC=CCCCCCCCCCCCCCCCCCCCC. The van der Waals surface area contributed by atoms with Gasteiger partial charge in [-0.15, -0.1) is 0 Å². The fraction of sp³-hybridized carbons (Fsp3) is 0.875. The molecule has 248 valence electrons. The Kier molecular flexibility index (Phi) is 37.0. The van der Waals surface area contributed by atoms with Crippen molar-refractivity contribution in [2.45, 2.75) is 226 Å². The van der Waals surface area contributed by atoms with Gasteiger partial charge in [-0.1, -0.05) is 187 Å². The largest absolute Gasteiger partial charge is 0.435 e. The Morgan fingerprint density at radius 3 is 1.02 bits per heavy atom. The highest BCUT2D eigenvalue weighted by atomic mass is 16.5. The zero-order chi connectivity index (χ0) is 30.4. The molecule has 0 aliphatic carbocycles. The van der Waals surface area contributed by atoms with Crippen LogP contribution in [0.1, 0.15) is 226 Å². The van der Waals surface area contributed by atoms with E-state index in [1.807, 2.05) is 6.08 Å². The molecule has 0 N–H and O–H groups in total. The van der Waals surface area contributed by atoms with E-state index >= 15 is 0 Å². The summed E-state index contributed by atoms with van der Waals surface area (Å²) in [5.74, 6) is -0.0679. The van der Waals surface area contributed by atoms with E-state index in [4.69, 9.17) is 4.74 Å². The average Bonchev–Trinajstić information content (AvgIpc) is 3.00. The first-order valence-electron chi connectivity index (χ1n) is 19.3. The molecule has 0 unspecified atom stereocenters. The molecule has 0 rings (SSSR count). The lowest BCUT2D eigenvalue weighted by Gasteiger charge is -2.03. The van der Waals surface area contributed by atoms with Crippen LogP contribution in [0.3, 0.4) is 0 Å². The molecule has 0 heterocycles. The van der Waals surface area contributed by atoms with Crippen LogP contribution in [-0.4, -0.2) is 5.97 Å². The van der Waals surface area contributed by atoms with Crippen molar-refractivity contribution in [1.82, 2.24) is 0 Å². The molecular weight excluding hydrogens is 512 g/mol. The summed E-state index contributed by atoms with van der Waals surface area (Å²) in [5.41, 5.74) is 0. The van der Waals surface area contributed by atoms with Crippen molar-refractivity contribution in [3.63, 3.8) is 0 Å². The standard InChI is InChI=1S/C40H76O2/c1-3-5-7-9-11-13-15-17-19-20-21-22-23-25-27-29-31-33-35-37-39-42-40(41)38-36-34-32-30-28-26-24-18-16-14-12-10-8-6-4-2/h18,24,37,39H,3-17,19-23,25-36,38H2,1-2H3/b24-18-,39-37?. The van der Waals surface area contributed by atoms with E-state index in [1.54, 1.807) is 6.26 Å². The normalized spacial score (nSPS) is 11.8. The molecule has 0 amide bonds. The van der Waals surface area contributed by atoms with E-state index in [0.29, 0.717) is 6.42 Å². The maximum absolute atomic E-state index is 11.9. The molecule has 0 saturated carbocycles. The van der Waals surface area contributed by atoms with Crippen LogP contribution in [0.15, 0.2) is 24.5 Å². The number of esters is 1. The van der Waals surface area contributed by atoms with E-state index < -0.39 is 0 Å². The van der Waals surface area contributed by atoms with Crippen molar-refractivity contribution < 1.29 is 9.53 Å². The topological polar surface area (TPSA) is 26.3 Å². The minimum Gasteiger partial charge on any atom is -0.435 e. The third kappa shape index (κ3) is 37.0. The number of ether oxygens (including phenoxy) is 1. The van der Waals surface area contributed by atoms with Gasteiger partial charge in [-0.2, -0.15) is 0 Å². The molecule has 0 saturated heterocycles. The van der Waals surface area contributed by atoms with E-state index in [-0.39, 0.29) is 5.97 Å². The molecule has 0 aromatic rings. The monoisotopic (exact) mass is 589 g/mol. The Balaban J connectivity index is 3.24. The third-order valence-corrected chi connectivity index (χ3v) is 8.66. The van der Waals surface area contributed by atoms with Crippen LogP contribution in [0.2, 0.25) is 0 Å². The number of allylic oxidation sites excluding steroid dienone is 3. The van der Waals surface area contributed by atoms with Crippen molar-refractivity contribution in [2.75, 3.05) is 0 Å². The van der Waals surface area contributed by atoms with Gasteiger partial charge in [-0.25, -0.2) is 0 Å². The van der Waals surface area contributed by atoms with E-state index in [2.05, 4.69) is 26.0 Å². The Morgan fingerprint density at radius 2 is 0.667 bits per heavy atom. The number of rotatable bonds is 35. The lowest BCUT2D eigenvalue weighted by atomic mass is 10.0. The maximum atomic E-state index is 11.9. The van der Waals surface area contributed by atoms with Gasteiger partial charge in [0, 0.05) is 6.42 Å². The molecule has 0 atom stereocenters. The summed E-state index contributed by atoms with van der Waals surface area (Å²) < 4.78 is 5.27. The predicted octanol–water partition coefficient (Wildman–Crippen LogP) is 14.5. The second kappa shape index (κ2) is 38.0. The van der Waals surface area contributed by atoms with Gasteiger partial charge in [0.15, 0.2) is 0 Å². The molecule has 2 heteroatoms. The molecule has 0 aliphatic heterocycles. The summed E-state index contributed by atoms with van der Waals surface area (Å²) in [6.07, 6.45) is 52.0. The number of hydrogen-bond acceptors (Lipinski definition) is 2. The first-order chi connectivity index (χ1) is 20.8. The second-order valence-electron chi connectivity index (χ2n) is 13.0. The van der Waals surface area contributed by atoms with E-state index in [9.17, 15) is 4.79 Å². The molecular formula is C40H76O2.